The molecule has 0 radical (unpaired) electrons. The van der Waals surface area contributed by atoms with Gasteiger partial charge in [-0.1, -0.05) is 13.8 Å². The Balaban J connectivity index is 1.87. The van der Waals surface area contributed by atoms with Gasteiger partial charge in [0.2, 0.25) is 0 Å². The Bertz CT molecular complexity index is 374. The van der Waals surface area contributed by atoms with Crippen molar-refractivity contribution in [2.24, 2.45) is 5.92 Å². The number of nitrogens with one attached hydrogen (secondary N) is 1. The summed E-state index contributed by atoms with van der Waals surface area (Å²) < 4.78 is 1.20. The zero-order valence-electron chi connectivity index (χ0n) is 11.4. The van der Waals surface area contributed by atoms with Crippen molar-refractivity contribution >= 4 is 27.3 Å². The quantitative estimate of drug-likeness (QED) is 0.819. The maximum Gasteiger partial charge on any atom is 0.0328 e. The van der Waals surface area contributed by atoms with Crippen molar-refractivity contribution in [3.8, 4) is 0 Å². The predicted octanol–water partition coefficient (Wildman–Crippen LogP) is 3.72. The molecule has 1 N–H and O–H groups in total. The molecule has 0 aliphatic heterocycles. The summed E-state index contributed by atoms with van der Waals surface area (Å²) in [5, 5.41) is 5.83. The lowest BCUT2D eigenvalue weighted by atomic mass is 10.0. The molecule has 2 rings (SSSR count). The molecule has 1 aliphatic rings. The number of hydrogen-bond acceptors (Lipinski definition) is 3. The van der Waals surface area contributed by atoms with E-state index in [4.69, 9.17) is 0 Å². The van der Waals surface area contributed by atoms with Crippen LogP contribution in [-0.4, -0.2) is 30.6 Å². The maximum absolute atomic E-state index is 3.66. The summed E-state index contributed by atoms with van der Waals surface area (Å²) in [6, 6.07) is 3.65. The lowest BCUT2D eigenvalue weighted by Crippen LogP contribution is -2.43. The van der Waals surface area contributed by atoms with E-state index in [-0.39, 0.29) is 0 Å². The predicted molar refractivity (Wildman–Crippen MR) is 83.1 cm³/mol. The lowest BCUT2D eigenvalue weighted by Gasteiger charge is -2.31. The van der Waals surface area contributed by atoms with Gasteiger partial charge in [0.25, 0.3) is 0 Å². The molecular weight excluding hydrogens is 308 g/mol. The molecule has 1 aliphatic carbocycles. The first kappa shape index (κ1) is 14.5. The van der Waals surface area contributed by atoms with Gasteiger partial charge in [0.1, 0.15) is 0 Å². The highest BCUT2D eigenvalue weighted by Crippen LogP contribution is 2.23. The molecule has 1 aromatic heterocycles. The minimum Gasteiger partial charge on any atom is -0.312 e. The number of hydrogen-bond donors (Lipinski definition) is 1. The zero-order valence-corrected chi connectivity index (χ0v) is 13.9. The second-order valence-electron chi connectivity index (χ2n) is 5.64. The fourth-order valence-corrected chi connectivity index (χ4v) is 3.79. The van der Waals surface area contributed by atoms with E-state index < -0.39 is 0 Å². The summed E-state index contributed by atoms with van der Waals surface area (Å²) in [4.78, 5) is 3.92. The Morgan fingerprint density at radius 1 is 1.50 bits per heavy atom. The van der Waals surface area contributed by atoms with Crippen LogP contribution in [0.1, 0.15) is 31.6 Å². The van der Waals surface area contributed by atoms with Gasteiger partial charge in [-0.3, -0.25) is 4.90 Å². The van der Waals surface area contributed by atoms with Crippen LogP contribution < -0.4 is 5.32 Å². The van der Waals surface area contributed by atoms with Crippen LogP contribution in [0.5, 0.6) is 0 Å². The van der Waals surface area contributed by atoms with Crippen molar-refractivity contribution < 1.29 is 0 Å². The first-order valence-electron chi connectivity index (χ1n) is 6.73. The normalized spacial score (nSPS) is 17.7. The van der Waals surface area contributed by atoms with Crippen LogP contribution >= 0.6 is 27.3 Å². The third-order valence-corrected chi connectivity index (χ3v) is 5.24. The largest absolute Gasteiger partial charge is 0.312 e. The molecule has 1 unspecified atom stereocenters. The Kier molecular flexibility index (Phi) is 5.24. The molecule has 1 fully saturated rings. The average molecular weight is 331 g/mol. The third kappa shape index (κ3) is 4.34. The molecule has 1 heterocycles. The van der Waals surface area contributed by atoms with E-state index in [9.17, 15) is 0 Å². The lowest BCUT2D eigenvalue weighted by molar-refractivity contribution is 0.180. The molecule has 1 atom stereocenters. The van der Waals surface area contributed by atoms with Crippen LogP contribution in [0.4, 0.5) is 0 Å². The molecule has 18 heavy (non-hydrogen) atoms. The highest BCUT2D eigenvalue weighted by Gasteiger charge is 2.25. The second-order valence-corrected chi connectivity index (χ2v) is 7.55. The second kappa shape index (κ2) is 6.51. The Hall–Kier alpha value is 0.1000. The topological polar surface area (TPSA) is 15.3 Å². The van der Waals surface area contributed by atoms with Gasteiger partial charge in [0.15, 0.2) is 0 Å². The van der Waals surface area contributed by atoms with Crippen LogP contribution in [0.2, 0.25) is 0 Å². The highest BCUT2D eigenvalue weighted by atomic mass is 79.9. The number of halogens is 1. The van der Waals surface area contributed by atoms with Crippen molar-refractivity contribution in [1.82, 2.24) is 10.2 Å². The Morgan fingerprint density at radius 3 is 2.72 bits per heavy atom. The van der Waals surface area contributed by atoms with Gasteiger partial charge in [-0.15, -0.1) is 11.3 Å². The fourth-order valence-electron chi connectivity index (χ4n) is 2.28. The van der Waals surface area contributed by atoms with Crippen molar-refractivity contribution in [1.29, 1.82) is 0 Å². The molecule has 1 saturated carbocycles. The molecule has 0 bridgehead atoms. The number of thiophene rings is 1. The molecular formula is C14H23BrN2S. The van der Waals surface area contributed by atoms with Gasteiger partial charge < -0.3 is 5.32 Å². The summed E-state index contributed by atoms with van der Waals surface area (Å²) in [7, 11) is 2.24. The molecule has 0 spiro atoms. The molecule has 4 heteroatoms. The molecule has 0 saturated heterocycles. The molecule has 0 aromatic carbocycles. The standard InChI is InChI=1S/C14H23BrN2S/c1-10(2)14(7-16-12-4-5-12)17(3)8-13-6-11(15)9-18-13/h6,9-10,12,14,16H,4-5,7-8H2,1-3H3. The SMILES string of the molecule is CC(C)C(CNC1CC1)N(C)Cc1cc(Br)cs1. The van der Waals surface area contributed by atoms with Crippen LogP contribution in [0.25, 0.3) is 0 Å². The maximum atomic E-state index is 3.66. The first-order valence-corrected chi connectivity index (χ1v) is 8.40. The fraction of sp³-hybridized carbons (Fsp3) is 0.714. The van der Waals surface area contributed by atoms with Crippen molar-refractivity contribution in [2.45, 2.75) is 45.3 Å². The van der Waals surface area contributed by atoms with Crippen molar-refractivity contribution in [2.75, 3.05) is 13.6 Å². The van der Waals surface area contributed by atoms with E-state index in [1.165, 1.54) is 22.2 Å². The smallest absolute Gasteiger partial charge is 0.0328 e. The van der Waals surface area contributed by atoms with Crippen LogP contribution in [0, 0.1) is 5.92 Å². The average Bonchev–Trinajstić information content (AvgIpc) is 3.02. The Labute approximate surface area is 123 Å². The van der Waals surface area contributed by atoms with Crippen LogP contribution in [0.15, 0.2) is 15.9 Å². The number of rotatable bonds is 7. The highest BCUT2D eigenvalue weighted by molar-refractivity contribution is 9.10. The Morgan fingerprint density at radius 2 is 2.22 bits per heavy atom. The van der Waals surface area contributed by atoms with E-state index in [0.717, 1.165) is 19.1 Å². The van der Waals surface area contributed by atoms with E-state index in [0.29, 0.717) is 12.0 Å². The van der Waals surface area contributed by atoms with Gasteiger partial charge in [-0.05, 0) is 47.8 Å². The van der Waals surface area contributed by atoms with E-state index in [1.54, 1.807) is 0 Å². The monoisotopic (exact) mass is 330 g/mol. The number of likely N-dealkylation sites (N-methyl/N-ethyl adjacent to an activating group) is 1. The minimum atomic E-state index is 0.617. The molecule has 2 nitrogen and oxygen atoms in total. The van der Waals surface area contributed by atoms with Crippen LogP contribution in [0.3, 0.4) is 0 Å². The van der Waals surface area contributed by atoms with Crippen molar-refractivity contribution in [3.63, 3.8) is 0 Å². The molecule has 0 amide bonds. The van der Waals surface area contributed by atoms with Gasteiger partial charge in [0, 0.05) is 39.9 Å². The van der Waals surface area contributed by atoms with Crippen molar-refractivity contribution in [3.05, 3.63) is 20.8 Å². The minimum absolute atomic E-state index is 0.617. The summed E-state index contributed by atoms with van der Waals surface area (Å²) >= 11 is 5.36. The summed E-state index contributed by atoms with van der Waals surface area (Å²) in [5.41, 5.74) is 0. The molecule has 1 aromatic rings. The van der Waals surface area contributed by atoms with Gasteiger partial charge in [-0.25, -0.2) is 0 Å². The van der Waals surface area contributed by atoms with Gasteiger partial charge in [-0.2, -0.15) is 0 Å². The summed E-state index contributed by atoms with van der Waals surface area (Å²) in [5.74, 6) is 0.685. The zero-order chi connectivity index (χ0) is 13.1. The van der Waals surface area contributed by atoms with Gasteiger partial charge >= 0.3 is 0 Å². The summed E-state index contributed by atoms with van der Waals surface area (Å²) in [6.45, 7) is 6.80. The van der Waals surface area contributed by atoms with E-state index in [1.807, 2.05) is 11.3 Å². The van der Waals surface area contributed by atoms with E-state index >= 15 is 0 Å². The van der Waals surface area contributed by atoms with Gasteiger partial charge in [0.05, 0.1) is 0 Å². The number of nitrogens with zero attached hydrogens (tertiary/aromatic N) is 1. The van der Waals surface area contributed by atoms with Crippen LogP contribution in [-0.2, 0) is 6.54 Å². The summed E-state index contributed by atoms with van der Waals surface area (Å²) in [6.07, 6.45) is 2.73. The first-order chi connectivity index (χ1) is 8.56. The third-order valence-electron chi connectivity index (χ3n) is 3.56. The van der Waals surface area contributed by atoms with E-state index in [2.05, 4.69) is 58.5 Å². The molecule has 102 valence electrons.